The first-order valence-electron chi connectivity index (χ1n) is 5.37. The maximum absolute atomic E-state index is 12.1. The van der Waals surface area contributed by atoms with Crippen LogP contribution in [0.3, 0.4) is 0 Å². The molecule has 0 radical (unpaired) electrons. The van der Waals surface area contributed by atoms with Gasteiger partial charge in [-0.3, -0.25) is 4.79 Å². The lowest BCUT2D eigenvalue weighted by molar-refractivity contribution is 0.0786. The van der Waals surface area contributed by atoms with E-state index in [0.29, 0.717) is 17.8 Å². The second-order valence-electron chi connectivity index (χ2n) is 4.27. The van der Waals surface area contributed by atoms with Gasteiger partial charge in [-0.15, -0.1) is 0 Å². The highest BCUT2D eigenvalue weighted by molar-refractivity contribution is 9.10. The van der Waals surface area contributed by atoms with Crippen LogP contribution in [-0.4, -0.2) is 49.9 Å². The Morgan fingerprint density at radius 3 is 2.47 bits per heavy atom. The van der Waals surface area contributed by atoms with Crippen LogP contribution in [0.2, 0.25) is 0 Å². The van der Waals surface area contributed by atoms with Crippen molar-refractivity contribution in [3.8, 4) is 0 Å². The number of anilines is 1. The van der Waals surface area contributed by atoms with Gasteiger partial charge >= 0.3 is 0 Å². The normalized spacial score (nSPS) is 10.6. The molecule has 0 spiro atoms. The molecule has 1 amide bonds. The van der Waals surface area contributed by atoms with Crippen molar-refractivity contribution in [1.29, 1.82) is 0 Å². The lowest BCUT2D eigenvalue weighted by Crippen LogP contribution is -2.33. The fourth-order valence-corrected chi connectivity index (χ4v) is 1.60. The molecule has 94 valence electrons. The summed E-state index contributed by atoms with van der Waals surface area (Å²) in [5, 5.41) is 0. The predicted octanol–water partition coefficient (Wildman–Crippen LogP) is 1.66. The molecule has 0 saturated heterocycles. The molecule has 17 heavy (non-hydrogen) atoms. The van der Waals surface area contributed by atoms with Crippen LogP contribution in [0.1, 0.15) is 10.4 Å². The number of nitrogens with zero attached hydrogens (tertiary/aromatic N) is 2. The molecule has 0 aliphatic carbocycles. The van der Waals surface area contributed by atoms with Crippen molar-refractivity contribution in [2.45, 2.75) is 0 Å². The van der Waals surface area contributed by atoms with Crippen molar-refractivity contribution in [1.82, 2.24) is 9.80 Å². The predicted molar refractivity (Wildman–Crippen MR) is 74.1 cm³/mol. The van der Waals surface area contributed by atoms with Crippen molar-refractivity contribution < 1.29 is 4.79 Å². The Balaban J connectivity index is 2.71. The van der Waals surface area contributed by atoms with Crippen LogP contribution in [0.25, 0.3) is 0 Å². The van der Waals surface area contributed by atoms with Gasteiger partial charge in [-0.2, -0.15) is 0 Å². The van der Waals surface area contributed by atoms with E-state index in [0.717, 1.165) is 11.0 Å². The van der Waals surface area contributed by atoms with E-state index < -0.39 is 0 Å². The number of hydrogen-bond donors (Lipinski definition) is 1. The quantitative estimate of drug-likeness (QED) is 0.861. The van der Waals surface area contributed by atoms with E-state index in [9.17, 15) is 4.79 Å². The Hall–Kier alpha value is -1.07. The summed E-state index contributed by atoms with van der Waals surface area (Å²) in [6, 6.07) is 5.26. The summed E-state index contributed by atoms with van der Waals surface area (Å²) in [5.74, 6) is -0.00829. The average molecular weight is 300 g/mol. The van der Waals surface area contributed by atoms with E-state index in [4.69, 9.17) is 5.73 Å². The fourth-order valence-electron chi connectivity index (χ4n) is 1.35. The molecule has 2 N–H and O–H groups in total. The van der Waals surface area contributed by atoms with Gasteiger partial charge in [0.2, 0.25) is 0 Å². The summed E-state index contributed by atoms with van der Waals surface area (Å²) in [6.45, 7) is 1.54. The first kappa shape index (κ1) is 14.0. The van der Waals surface area contributed by atoms with Gasteiger partial charge in [-0.25, -0.2) is 0 Å². The third-order valence-corrected chi connectivity index (χ3v) is 3.19. The molecule has 0 saturated carbocycles. The molecule has 1 rings (SSSR count). The summed E-state index contributed by atoms with van der Waals surface area (Å²) in [4.78, 5) is 15.8. The highest BCUT2D eigenvalue weighted by atomic mass is 79.9. The first-order chi connectivity index (χ1) is 7.91. The molecule has 0 bridgehead atoms. The minimum absolute atomic E-state index is 0.00829. The van der Waals surface area contributed by atoms with Crippen molar-refractivity contribution in [2.24, 2.45) is 0 Å². The van der Waals surface area contributed by atoms with Crippen molar-refractivity contribution in [2.75, 3.05) is 40.0 Å². The number of nitrogens with two attached hydrogens (primary N) is 1. The molecule has 5 heteroatoms. The number of nitrogen functional groups attached to an aromatic ring is 1. The lowest BCUT2D eigenvalue weighted by atomic mass is 10.2. The number of hydrogen-bond acceptors (Lipinski definition) is 3. The topological polar surface area (TPSA) is 49.6 Å². The largest absolute Gasteiger partial charge is 0.398 e. The summed E-state index contributed by atoms with van der Waals surface area (Å²) in [5.41, 5.74) is 6.95. The van der Waals surface area contributed by atoms with E-state index in [1.54, 1.807) is 30.1 Å². The minimum Gasteiger partial charge on any atom is -0.398 e. The second-order valence-corrected chi connectivity index (χ2v) is 5.12. The Labute approximate surface area is 111 Å². The smallest absolute Gasteiger partial charge is 0.253 e. The summed E-state index contributed by atoms with van der Waals surface area (Å²) < 4.78 is 0.810. The molecular formula is C12H18BrN3O. The zero-order chi connectivity index (χ0) is 13.0. The molecule has 4 nitrogen and oxygen atoms in total. The molecule has 0 atom stereocenters. The molecule has 0 heterocycles. The highest BCUT2D eigenvalue weighted by Gasteiger charge is 2.12. The number of halogens is 1. The summed E-state index contributed by atoms with van der Waals surface area (Å²) in [7, 11) is 5.76. The molecule has 0 aliphatic heterocycles. The van der Waals surface area contributed by atoms with Gasteiger partial charge in [0.25, 0.3) is 5.91 Å². The number of benzene rings is 1. The van der Waals surface area contributed by atoms with Crippen molar-refractivity contribution in [3.63, 3.8) is 0 Å². The molecule has 1 aromatic carbocycles. The van der Waals surface area contributed by atoms with Gasteiger partial charge < -0.3 is 15.5 Å². The third kappa shape index (κ3) is 4.02. The number of carbonyl (C=O) groups is 1. The Kier molecular flexibility index (Phi) is 4.96. The van der Waals surface area contributed by atoms with Crippen LogP contribution in [0.15, 0.2) is 22.7 Å². The van der Waals surface area contributed by atoms with Gasteiger partial charge in [-0.1, -0.05) is 0 Å². The van der Waals surface area contributed by atoms with Gasteiger partial charge in [0.05, 0.1) is 0 Å². The van der Waals surface area contributed by atoms with Crippen LogP contribution in [0.4, 0.5) is 5.69 Å². The maximum Gasteiger partial charge on any atom is 0.253 e. The van der Waals surface area contributed by atoms with Crippen LogP contribution < -0.4 is 5.73 Å². The van der Waals surface area contributed by atoms with E-state index in [2.05, 4.69) is 15.9 Å². The molecule has 0 unspecified atom stereocenters. The zero-order valence-corrected chi connectivity index (χ0v) is 12.0. The van der Waals surface area contributed by atoms with Crippen LogP contribution in [-0.2, 0) is 0 Å². The standard InChI is InChI=1S/C12H18BrN3O/c1-15(2)6-7-16(3)12(17)9-4-5-10(13)11(14)8-9/h4-5,8H,6-7,14H2,1-3H3. The van der Waals surface area contributed by atoms with E-state index in [-0.39, 0.29) is 5.91 Å². The van der Waals surface area contributed by atoms with E-state index in [1.807, 2.05) is 19.0 Å². The monoisotopic (exact) mass is 299 g/mol. The average Bonchev–Trinajstić information content (AvgIpc) is 2.28. The lowest BCUT2D eigenvalue weighted by Gasteiger charge is -2.20. The SMILES string of the molecule is CN(C)CCN(C)C(=O)c1ccc(Br)c(N)c1. The number of amides is 1. The molecule has 0 aromatic heterocycles. The molecule has 0 fully saturated rings. The summed E-state index contributed by atoms with van der Waals surface area (Å²) in [6.07, 6.45) is 0. The van der Waals surface area contributed by atoms with Gasteiger partial charge in [0.15, 0.2) is 0 Å². The van der Waals surface area contributed by atoms with Crippen molar-refractivity contribution >= 4 is 27.5 Å². The van der Waals surface area contributed by atoms with Crippen LogP contribution in [0.5, 0.6) is 0 Å². The maximum atomic E-state index is 12.1. The van der Waals surface area contributed by atoms with Gasteiger partial charge in [0.1, 0.15) is 0 Å². The number of rotatable bonds is 4. The Morgan fingerprint density at radius 1 is 1.29 bits per heavy atom. The number of carbonyl (C=O) groups excluding carboxylic acids is 1. The van der Waals surface area contributed by atoms with E-state index in [1.165, 1.54) is 0 Å². The van der Waals surface area contributed by atoms with E-state index >= 15 is 0 Å². The van der Waals surface area contributed by atoms with Crippen molar-refractivity contribution in [3.05, 3.63) is 28.2 Å². The van der Waals surface area contributed by atoms with Crippen LogP contribution in [0, 0.1) is 0 Å². The minimum atomic E-state index is -0.00829. The number of likely N-dealkylation sites (N-methyl/N-ethyl adjacent to an activating group) is 2. The third-order valence-electron chi connectivity index (χ3n) is 2.47. The zero-order valence-electron chi connectivity index (χ0n) is 10.4. The van der Waals surface area contributed by atoms with Crippen LogP contribution >= 0.6 is 15.9 Å². The Morgan fingerprint density at radius 2 is 1.94 bits per heavy atom. The van der Waals surface area contributed by atoms with Gasteiger partial charge in [0, 0.05) is 35.9 Å². The Bertz CT molecular complexity index is 407. The molecule has 1 aromatic rings. The molecule has 0 aliphatic rings. The van der Waals surface area contributed by atoms with Gasteiger partial charge in [-0.05, 0) is 48.2 Å². The highest BCUT2D eigenvalue weighted by Crippen LogP contribution is 2.20. The second kappa shape index (κ2) is 6.02. The fraction of sp³-hybridized carbons (Fsp3) is 0.417. The summed E-state index contributed by atoms with van der Waals surface area (Å²) >= 11 is 3.31. The molecular weight excluding hydrogens is 282 g/mol. The first-order valence-corrected chi connectivity index (χ1v) is 6.16.